The molecule has 2 aromatic rings. The zero-order chi connectivity index (χ0) is 20.1. The highest BCUT2D eigenvalue weighted by atomic mass is 35.5. The van der Waals surface area contributed by atoms with Crippen LogP contribution in [0.4, 0.5) is 0 Å². The van der Waals surface area contributed by atoms with Crippen LogP contribution < -0.4 is 14.8 Å². The highest BCUT2D eigenvalue weighted by molar-refractivity contribution is 6.31. The molecule has 0 spiro atoms. The Bertz CT molecular complexity index is 827. The molecule has 1 saturated heterocycles. The van der Waals surface area contributed by atoms with E-state index in [0.29, 0.717) is 11.6 Å². The fraction of sp³-hybridized carbons (Fsp3) is 0.409. The highest BCUT2D eigenvalue weighted by Crippen LogP contribution is 2.38. The molecular weight excluding hydrogens is 376 g/mol. The maximum atomic E-state index is 12.7. The zero-order valence-corrected chi connectivity index (χ0v) is 17.3. The van der Waals surface area contributed by atoms with E-state index in [1.807, 2.05) is 49.4 Å². The maximum absolute atomic E-state index is 12.7. The third kappa shape index (κ3) is 4.59. The number of methoxy groups -OCH3 is 2. The molecule has 3 rings (SSSR count). The standard InChI is InChI=1S/C22H27ClN2O3/c1-15(17-7-4-5-8-19(17)23)24-22(26)14-25-12-6-9-20(25)18-11-10-16(27-2)13-21(18)28-3/h4-5,7-8,10-11,13,15,20H,6,9,12,14H2,1-3H3,(H,24,26)/t15-,20+/m0/s1. The van der Waals surface area contributed by atoms with Gasteiger partial charge in [-0.3, -0.25) is 9.69 Å². The second kappa shape index (κ2) is 9.30. The van der Waals surface area contributed by atoms with E-state index in [9.17, 15) is 4.79 Å². The monoisotopic (exact) mass is 402 g/mol. The molecule has 2 aromatic carbocycles. The van der Waals surface area contributed by atoms with Crippen LogP contribution in [0.2, 0.25) is 5.02 Å². The number of ether oxygens (including phenoxy) is 2. The van der Waals surface area contributed by atoms with Gasteiger partial charge in [0.05, 0.1) is 26.8 Å². The van der Waals surface area contributed by atoms with Crippen LogP contribution in [-0.4, -0.2) is 38.1 Å². The van der Waals surface area contributed by atoms with E-state index in [1.165, 1.54) is 0 Å². The molecule has 28 heavy (non-hydrogen) atoms. The summed E-state index contributed by atoms with van der Waals surface area (Å²) < 4.78 is 10.9. The fourth-order valence-electron chi connectivity index (χ4n) is 3.84. The topological polar surface area (TPSA) is 50.8 Å². The van der Waals surface area contributed by atoms with E-state index < -0.39 is 0 Å². The molecule has 0 radical (unpaired) electrons. The van der Waals surface area contributed by atoms with Crippen LogP contribution in [0.5, 0.6) is 11.5 Å². The number of hydrogen-bond acceptors (Lipinski definition) is 4. The lowest BCUT2D eigenvalue weighted by atomic mass is 10.0. The number of hydrogen-bond donors (Lipinski definition) is 1. The smallest absolute Gasteiger partial charge is 0.234 e. The van der Waals surface area contributed by atoms with Gasteiger partial charge in [-0.15, -0.1) is 0 Å². The van der Waals surface area contributed by atoms with E-state index in [1.54, 1.807) is 14.2 Å². The SMILES string of the molecule is COc1ccc([C@H]2CCCN2CC(=O)N[C@@H](C)c2ccccc2Cl)c(OC)c1. The fourth-order valence-corrected chi connectivity index (χ4v) is 4.14. The van der Waals surface area contributed by atoms with Crippen LogP contribution in [0.3, 0.4) is 0 Å². The van der Waals surface area contributed by atoms with Gasteiger partial charge >= 0.3 is 0 Å². The predicted octanol–water partition coefficient (Wildman–Crippen LogP) is 4.37. The Morgan fingerprint density at radius 2 is 2.04 bits per heavy atom. The van der Waals surface area contributed by atoms with Gasteiger partial charge in [-0.05, 0) is 44.0 Å². The summed E-state index contributed by atoms with van der Waals surface area (Å²) in [6, 6.07) is 13.5. The average Bonchev–Trinajstić information content (AvgIpc) is 3.15. The predicted molar refractivity (Wildman–Crippen MR) is 111 cm³/mol. The van der Waals surface area contributed by atoms with Crippen LogP contribution in [0.25, 0.3) is 0 Å². The van der Waals surface area contributed by atoms with Crippen molar-refractivity contribution < 1.29 is 14.3 Å². The Morgan fingerprint density at radius 3 is 2.75 bits per heavy atom. The zero-order valence-electron chi connectivity index (χ0n) is 16.6. The third-order valence-electron chi connectivity index (χ3n) is 5.26. The average molecular weight is 403 g/mol. The first kappa shape index (κ1) is 20.5. The molecule has 0 bridgehead atoms. The van der Waals surface area contributed by atoms with Gasteiger partial charge in [0.25, 0.3) is 0 Å². The molecule has 1 aliphatic heterocycles. The summed E-state index contributed by atoms with van der Waals surface area (Å²) >= 11 is 6.25. The van der Waals surface area contributed by atoms with E-state index in [0.717, 1.165) is 42.0 Å². The summed E-state index contributed by atoms with van der Waals surface area (Å²) in [6.45, 7) is 3.18. The van der Waals surface area contributed by atoms with Gasteiger partial charge in [-0.2, -0.15) is 0 Å². The minimum atomic E-state index is -0.141. The lowest BCUT2D eigenvalue weighted by molar-refractivity contribution is -0.123. The molecule has 150 valence electrons. The van der Waals surface area contributed by atoms with Gasteiger partial charge in [0.2, 0.25) is 5.91 Å². The number of rotatable bonds is 7. The molecule has 1 N–H and O–H groups in total. The van der Waals surface area contributed by atoms with Crippen molar-refractivity contribution in [3.63, 3.8) is 0 Å². The number of amides is 1. The van der Waals surface area contributed by atoms with Crippen LogP contribution >= 0.6 is 11.6 Å². The summed E-state index contributed by atoms with van der Waals surface area (Å²) in [5.74, 6) is 1.55. The number of carbonyl (C=O) groups excluding carboxylic acids is 1. The van der Waals surface area contributed by atoms with Crippen LogP contribution in [-0.2, 0) is 4.79 Å². The first-order chi connectivity index (χ1) is 13.5. The third-order valence-corrected chi connectivity index (χ3v) is 5.60. The number of likely N-dealkylation sites (tertiary alicyclic amines) is 1. The maximum Gasteiger partial charge on any atom is 0.234 e. The first-order valence-electron chi connectivity index (χ1n) is 9.53. The Balaban J connectivity index is 1.68. The molecule has 0 saturated carbocycles. The van der Waals surface area contributed by atoms with Gasteiger partial charge in [0.15, 0.2) is 0 Å². The van der Waals surface area contributed by atoms with Crippen molar-refractivity contribution in [3.05, 3.63) is 58.6 Å². The second-order valence-corrected chi connectivity index (χ2v) is 7.45. The number of nitrogens with one attached hydrogen (secondary N) is 1. The van der Waals surface area contributed by atoms with E-state index in [-0.39, 0.29) is 18.0 Å². The first-order valence-corrected chi connectivity index (χ1v) is 9.91. The van der Waals surface area contributed by atoms with Crippen LogP contribution in [0.15, 0.2) is 42.5 Å². The van der Waals surface area contributed by atoms with Crippen molar-refractivity contribution in [3.8, 4) is 11.5 Å². The minimum absolute atomic E-state index is 0.00759. The molecule has 6 heteroatoms. The van der Waals surface area contributed by atoms with Crippen molar-refractivity contribution >= 4 is 17.5 Å². The van der Waals surface area contributed by atoms with Crippen molar-refractivity contribution in [2.45, 2.75) is 31.8 Å². The molecule has 1 heterocycles. The van der Waals surface area contributed by atoms with Gasteiger partial charge in [0.1, 0.15) is 11.5 Å². The molecule has 1 amide bonds. The largest absolute Gasteiger partial charge is 0.497 e. The van der Waals surface area contributed by atoms with Crippen molar-refractivity contribution in [2.75, 3.05) is 27.3 Å². The number of nitrogens with zero attached hydrogens (tertiary/aromatic N) is 1. The van der Waals surface area contributed by atoms with Gasteiger partial charge in [-0.1, -0.05) is 35.9 Å². The van der Waals surface area contributed by atoms with Gasteiger partial charge in [0, 0.05) is 22.7 Å². The van der Waals surface area contributed by atoms with Crippen LogP contribution in [0.1, 0.15) is 43.0 Å². The van der Waals surface area contributed by atoms with Crippen molar-refractivity contribution in [2.24, 2.45) is 0 Å². The summed E-state index contributed by atoms with van der Waals surface area (Å²) in [6.07, 6.45) is 2.04. The van der Waals surface area contributed by atoms with E-state index in [4.69, 9.17) is 21.1 Å². The molecule has 0 unspecified atom stereocenters. The number of benzene rings is 2. The quantitative estimate of drug-likeness (QED) is 0.747. The number of carbonyl (C=O) groups is 1. The van der Waals surface area contributed by atoms with Crippen LogP contribution in [0, 0.1) is 0 Å². The molecule has 1 aliphatic rings. The van der Waals surface area contributed by atoms with Crippen molar-refractivity contribution in [1.29, 1.82) is 0 Å². The Kier molecular flexibility index (Phi) is 6.81. The molecule has 2 atom stereocenters. The lowest BCUT2D eigenvalue weighted by Gasteiger charge is -2.26. The molecule has 0 aliphatic carbocycles. The minimum Gasteiger partial charge on any atom is -0.497 e. The molecule has 0 aromatic heterocycles. The molecule has 5 nitrogen and oxygen atoms in total. The number of halogens is 1. The highest BCUT2D eigenvalue weighted by Gasteiger charge is 2.30. The second-order valence-electron chi connectivity index (χ2n) is 7.05. The Labute approximate surface area is 171 Å². The van der Waals surface area contributed by atoms with E-state index in [2.05, 4.69) is 10.2 Å². The van der Waals surface area contributed by atoms with Gasteiger partial charge < -0.3 is 14.8 Å². The Hall–Kier alpha value is -2.24. The summed E-state index contributed by atoms with van der Waals surface area (Å²) in [4.78, 5) is 14.9. The molecular formula is C22H27ClN2O3. The normalized spacial score (nSPS) is 17.9. The molecule has 1 fully saturated rings. The Morgan fingerprint density at radius 1 is 1.25 bits per heavy atom. The summed E-state index contributed by atoms with van der Waals surface area (Å²) in [7, 11) is 3.30. The van der Waals surface area contributed by atoms with Gasteiger partial charge in [-0.25, -0.2) is 0 Å². The van der Waals surface area contributed by atoms with Crippen molar-refractivity contribution in [1.82, 2.24) is 10.2 Å². The lowest BCUT2D eigenvalue weighted by Crippen LogP contribution is -2.38. The summed E-state index contributed by atoms with van der Waals surface area (Å²) in [5.41, 5.74) is 2.01. The summed E-state index contributed by atoms with van der Waals surface area (Å²) in [5, 5.41) is 3.73. The van der Waals surface area contributed by atoms with E-state index >= 15 is 0 Å².